The summed E-state index contributed by atoms with van der Waals surface area (Å²) in [5.41, 5.74) is 3.63. The van der Waals surface area contributed by atoms with E-state index in [1.54, 1.807) is 25.3 Å². The Hall–Kier alpha value is -3.74. The van der Waals surface area contributed by atoms with Crippen LogP contribution in [0.3, 0.4) is 0 Å². The van der Waals surface area contributed by atoms with E-state index >= 15 is 0 Å². The Morgan fingerprint density at radius 1 is 1.11 bits per heavy atom. The van der Waals surface area contributed by atoms with Gasteiger partial charge in [-0.1, -0.05) is 38.1 Å². The molecule has 0 radical (unpaired) electrons. The molecule has 35 heavy (non-hydrogen) atoms. The van der Waals surface area contributed by atoms with Gasteiger partial charge in [-0.05, 0) is 66.4 Å². The Kier molecular flexibility index (Phi) is 7.44. The number of halogens is 1. The number of fused-ring (bicyclic) bond motifs is 1. The van der Waals surface area contributed by atoms with E-state index in [1.807, 2.05) is 55.1 Å². The largest absolute Gasteiger partial charge is 0.481 e. The zero-order chi connectivity index (χ0) is 24.9. The Labute approximate surface area is 205 Å². The first-order valence-electron chi connectivity index (χ1n) is 11.9. The number of amides is 2. The molecule has 0 fully saturated rings. The van der Waals surface area contributed by atoms with Crippen LogP contribution in [0.25, 0.3) is 0 Å². The number of rotatable bonds is 7. The lowest BCUT2D eigenvalue weighted by atomic mass is 9.87. The fourth-order valence-corrected chi connectivity index (χ4v) is 4.32. The third-order valence-corrected chi connectivity index (χ3v) is 6.16. The number of nitrogens with zero attached hydrogens (tertiary/aromatic N) is 2. The van der Waals surface area contributed by atoms with Crippen molar-refractivity contribution in [2.75, 3.05) is 6.54 Å². The summed E-state index contributed by atoms with van der Waals surface area (Å²) >= 11 is 0. The first kappa shape index (κ1) is 24.4. The van der Waals surface area contributed by atoms with Crippen LogP contribution in [0.4, 0.5) is 4.39 Å². The molecule has 1 N–H and O–H groups in total. The van der Waals surface area contributed by atoms with E-state index in [2.05, 4.69) is 10.3 Å². The molecule has 2 atom stereocenters. The SMILES string of the molecule is CC(C)C(=O)N1CCc2ccc(OC(C)C(=O)NCc3ccccn3)cc2C1c1ccc(F)cc1. The third kappa shape index (κ3) is 5.67. The van der Waals surface area contributed by atoms with Crippen molar-refractivity contribution in [3.05, 3.63) is 95.1 Å². The molecule has 1 aliphatic heterocycles. The second-order valence-corrected chi connectivity index (χ2v) is 9.05. The molecule has 4 rings (SSSR count). The van der Waals surface area contributed by atoms with E-state index in [0.29, 0.717) is 25.3 Å². The van der Waals surface area contributed by atoms with Gasteiger partial charge >= 0.3 is 0 Å². The van der Waals surface area contributed by atoms with Gasteiger partial charge in [-0.2, -0.15) is 0 Å². The number of carbonyl (C=O) groups excluding carboxylic acids is 2. The standard InChI is InChI=1S/C28H30FN3O3/c1-18(2)28(34)32-15-13-20-9-12-24(16-25(20)26(32)21-7-10-22(29)11-8-21)35-19(3)27(33)31-17-23-6-4-5-14-30-23/h4-12,14,16,18-19,26H,13,15,17H2,1-3H3,(H,31,33). The van der Waals surface area contributed by atoms with Crippen molar-refractivity contribution in [1.82, 2.24) is 15.2 Å². The minimum Gasteiger partial charge on any atom is -0.481 e. The summed E-state index contributed by atoms with van der Waals surface area (Å²) in [7, 11) is 0. The summed E-state index contributed by atoms with van der Waals surface area (Å²) in [5, 5.41) is 2.84. The molecular weight excluding hydrogens is 445 g/mol. The lowest BCUT2D eigenvalue weighted by Crippen LogP contribution is -2.42. The average molecular weight is 476 g/mol. The molecule has 0 aliphatic carbocycles. The second-order valence-electron chi connectivity index (χ2n) is 9.05. The predicted molar refractivity (Wildman–Crippen MR) is 131 cm³/mol. The first-order chi connectivity index (χ1) is 16.8. The number of aromatic nitrogens is 1. The number of hydrogen-bond acceptors (Lipinski definition) is 4. The minimum atomic E-state index is -0.724. The molecule has 0 saturated carbocycles. The molecular formula is C28H30FN3O3. The van der Waals surface area contributed by atoms with Crippen LogP contribution in [0.1, 0.15) is 49.2 Å². The van der Waals surface area contributed by atoms with Crippen molar-refractivity contribution < 1.29 is 18.7 Å². The molecule has 0 bridgehead atoms. The lowest BCUT2D eigenvalue weighted by Gasteiger charge is -2.39. The number of nitrogens with one attached hydrogen (secondary N) is 1. The fraction of sp³-hybridized carbons (Fsp3) is 0.321. The highest BCUT2D eigenvalue weighted by Gasteiger charge is 2.33. The molecule has 2 amide bonds. The second kappa shape index (κ2) is 10.7. The topological polar surface area (TPSA) is 71.5 Å². The Bertz CT molecular complexity index is 1180. The van der Waals surface area contributed by atoms with Gasteiger partial charge < -0.3 is 15.0 Å². The third-order valence-electron chi connectivity index (χ3n) is 6.16. The molecule has 6 nitrogen and oxygen atoms in total. The van der Waals surface area contributed by atoms with Crippen molar-refractivity contribution in [3.8, 4) is 5.75 Å². The van der Waals surface area contributed by atoms with Gasteiger partial charge in [-0.3, -0.25) is 14.6 Å². The van der Waals surface area contributed by atoms with Gasteiger partial charge in [0.1, 0.15) is 11.6 Å². The van der Waals surface area contributed by atoms with Crippen LogP contribution in [0.5, 0.6) is 5.75 Å². The summed E-state index contributed by atoms with van der Waals surface area (Å²) in [6.45, 7) is 6.35. The van der Waals surface area contributed by atoms with Gasteiger partial charge in [0.2, 0.25) is 5.91 Å². The van der Waals surface area contributed by atoms with Crippen molar-refractivity contribution in [1.29, 1.82) is 0 Å². The molecule has 1 aliphatic rings. The van der Waals surface area contributed by atoms with Crippen LogP contribution >= 0.6 is 0 Å². The smallest absolute Gasteiger partial charge is 0.261 e. The molecule has 7 heteroatoms. The van der Waals surface area contributed by atoms with Gasteiger partial charge in [-0.25, -0.2) is 4.39 Å². The monoisotopic (exact) mass is 475 g/mol. The number of benzene rings is 2. The normalized spacial score (nSPS) is 15.9. The van der Waals surface area contributed by atoms with E-state index in [-0.39, 0.29) is 29.6 Å². The van der Waals surface area contributed by atoms with Crippen molar-refractivity contribution in [2.45, 2.75) is 45.9 Å². The highest BCUT2D eigenvalue weighted by atomic mass is 19.1. The van der Waals surface area contributed by atoms with E-state index in [1.165, 1.54) is 12.1 Å². The Balaban J connectivity index is 1.57. The van der Waals surface area contributed by atoms with Gasteiger partial charge in [0.05, 0.1) is 18.3 Å². The Morgan fingerprint density at radius 3 is 2.57 bits per heavy atom. The van der Waals surface area contributed by atoms with Crippen LogP contribution in [0.2, 0.25) is 0 Å². The first-order valence-corrected chi connectivity index (χ1v) is 11.9. The zero-order valence-electron chi connectivity index (χ0n) is 20.2. The van der Waals surface area contributed by atoms with E-state index in [4.69, 9.17) is 4.74 Å². The zero-order valence-corrected chi connectivity index (χ0v) is 20.2. The van der Waals surface area contributed by atoms with Gasteiger partial charge in [0.25, 0.3) is 5.91 Å². The molecule has 2 unspecified atom stereocenters. The van der Waals surface area contributed by atoms with Crippen LogP contribution in [-0.2, 0) is 22.6 Å². The predicted octanol–water partition coefficient (Wildman–Crippen LogP) is 4.43. The van der Waals surface area contributed by atoms with Gasteiger partial charge in [0, 0.05) is 18.7 Å². The van der Waals surface area contributed by atoms with Crippen molar-refractivity contribution in [3.63, 3.8) is 0 Å². The summed E-state index contributed by atoms with van der Waals surface area (Å²) in [6.07, 6.45) is 1.67. The van der Waals surface area contributed by atoms with Crippen LogP contribution in [0.15, 0.2) is 66.9 Å². The molecule has 0 spiro atoms. The number of ether oxygens (including phenoxy) is 1. The van der Waals surface area contributed by atoms with E-state index in [9.17, 15) is 14.0 Å². The molecule has 1 aromatic heterocycles. The highest BCUT2D eigenvalue weighted by Crippen LogP contribution is 2.38. The maximum atomic E-state index is 13.6. The summed E-state index contributed by atoms with van der Waals surface area (Å²) < 4.78 is 19.6. The number of hydrogen-bond donors (Lipinski definition) is 1. The quantitative estimate of drug-likeness (QED) is 0.549. The van der Waals surface area contributed by atoms with Crippen LogP contribution < -0.4 is 10.1 Å². The molecule has 2 heterocycles. The van der Waals surface area contributed by atoms with Gasteiger partial charge in [0.15, 0.2) is 6.10 Å². The lowest BCUT2D eigenvalue weighted by molar-refractivity contribution is -0.136. The maximum Gasteiger partial charge on any atom is 0.261 e. The summed E-state index contributed by atoms with van der Waals surface area (Å²) in [5.74, 6) is -0.162. The molecule has 0 saturated heterocycles. The highest BCUT2D eigenvalue weighted by molar-refractivity contribution is 5.81. The summed E-state index contributed by atoms with van der Waals surface area (Å²) in [4.78, 5) is 31.7. The Morgan fingerprint density at radius 2 is 1.89 bits per heavy atom. The molecule has 3 aromatic rings. The molecule has 182 valence electrons. The van der Waals surface area contributed by atoms with Gasteiger partial charge in [-0.15, -0.1) is 0 Å². The fourth-order valence-electron chi connectivity index (χ4n) is 4.32. The summed E-state index contributed by atoms with van der Waals surface area (Å²) in [6, 6.07) is 17.2. The average Bonchev–Trinajstić information content (AvgIpc) is 2.87. The number of pyridine rings is 1. The minimum absolute atomic E-state index is 0.0403. The number of carbonyl (C=O) groups is 2. The van der Waals surface area contributed by atoms with Crippen molar-refractivity contribution >= 4 is 11.8 Å². The van der Waals surface area contributed by atoms with E-state index < -0.39 is 6.10 Å². The van der Waals surface area contributed by atoms with E-state index in [0.717, 1.165) is 22.4 Å². The molecule has 2 aromatic carbocycles. The maximum absolute atomic E-state index is 13.6. The van der Waals surface area contributed by atoms with Crippen LogP contribution in [-0.4, -0.2) is 34.3 Å². The van der Waals surface area contributed by atoms with Crippen LogP contribution in [0, 0.1) is 11.7 Å². The van der Waals surface area contributed by atoms with Crippen molar-refractivity contribution in [2.24, 2.45) is 5.92 Å².